The lowest BCUT2D eigenvalue weighted by atomic mass is 9.69. The van der Waals surface area contributed by atoms with Gasteiger partial charge in [-0.2, -0.15) is 9.97 Å². The lowest BCUT2D eigenvalue weighted by molar-refractivity contribution is -0.0405. The average molecular weight is 746 g/mol. The zero-order chi connectivity index (χ0) is 37.0. The summed E-state index contributed by atoms with van der Waals surface area (Å²) >= 11 is 0. The molecule has 0 amide bonds. The normalized spacial score (nSPS) is 29.2. The summed E-state index contributed by atoms with van der Waals surface area (Å²) in [4.78, 5) is 18.8. The minimum absolute atomic E-state index is 0.0141. The van der Waals surface area contributed by atoms with Crippen LogP contribution < -0.4 is 14.4 Å². The predicted molar refractivity (Wildman–Crippen MR) is 199 cm³/mol. The number of anilines is 1. The fraction of sp³-hybridized carbons (Fsp3) is 0.585. The van der Waals surface area contributed by atoms with E-state index in [1.54, 1.807) is 6.07 Å². The van der Waals surface area contributed by atoms with Gasteiger partial charge in [-0.3, -0.25) is 4.90 Å². The number of nitrogens with zero attached hydrogens (tertiary/aromatic N) is 5. The lowest BCUT2D eigenvalue weighted by Crippen LogP contribution is -2.56. The maximum absolute atomic E-state index is 17.1. The van der Waals surface area contributed by atoms with Gasteiger partial charge < -0.3 is 34.1 Å². The Balaban J connectivity index is 1.10. The Labute approximate surface area is 313 Å². The van der Waals surface area contributed by atoms with Gasteiger partial charge in [-0.05, 0) is 93.3 Å². The maximum atomic E-state index is 17.1. The molecule has 5 heterocycles. The molecule has 2 aromatic heterocycles. The monoisotopic (exact) mass is 745 g/mol. The molecule has 13 heteroatoms. The third-order valence-corrected chi connectivity index (χ3v) is 13.1. The third kappa shape index (κ3) is 6.30. The highest BCUT2D eigenvalue weighted by Gasteiger charge is 2.51. The van der Waals surface area contributed by atoms with Crippen LogP contribution in [0.3, 0.4) is 0 Å². The summed E-state index contributed by atoms with van der Waals surface area (Å²) in [5, 5.41) is 22.1. The molecular weight excluding hydrogens is 696 g/mol. The number of benzene rings is 2. The van der Waals surface area contributed by atoms with Crippen molar-refractivity contribution in [1.29, 1.82) is 0 Å². The van der Waals surface area contributed by atoms with Crippen molar-refractivity contribution in [3.8, 4) is 28.9 Å². The number of halogens is 2. The summed E-state index contributed by atoms with van der Waals surface area (Å²) < 4.78 is 56.4. The number of piperidine rings is 1. The second kappa shape index (κ2) is 14.3. The number of methoxy groups -OCH3 is 1. The van der Waals surface area contributed by atoms with Crippen LogP contribution in [0, 0.1) is 22.5 Å². The highest BCUT2D eigenvalue weighted by Crippen LogP contribution is 2.52. The molecule has 3 aliphatic heterocycles. The highest BCUT2D eigenvalue weighted by molar-refractivity contribution is 6.02. The molecule has 288 valence electrons. The number of β-amino-alcohol motifs (C(OH)–C–C–N with tert-alkyl or cyclic N) is 1. The second-order valence-corrected chi connectivity index (χ2v) is 16.3. The third-order valence-electron chi connectivity index (χ3n) is 13.1. The molecule has 54 heavy (non-hydrogen) atoms. The molecule has 2 aliphatic carbocycles. The van der Waals surface area contributed by atoms with Crippen molar-refractivity contribution in [1.82, 2.24) is 19.9 Å². The van der Waals surface area contributed by atoms with E-state index in [0.717, 1.165) is 51.9 Å². The van der Waals surface area contributed by atoms with Crippen LogP contribution in [0.2, 0.25) is 0 Å². The lowest BCUT2D eigenvalue weighted by Gasteiger charge is -2.51. The van der Waals surface area contributed by atoms with Crippen LogP contribution in [0.25, 0.3) is 32.9 Å². The van der Waals surface area contributed by atoms with Crippen LogP contribution in [0.5, 0.6) is 17.6 Å². The Bertz CT molecular complexity index is 2040. The number of likely N-dealkylation sites (tertiary alicyclic amines) is 1. The summed E-state index contributed by atoms with van der Waals surface area (Å²) in [6.45, 7) is 4.31. The van der Waals surface area contributed by atoms with Crippen molar-refractivity contribution in [2.45, 2.75) is 82.4 Å². The number of aliphatic hydroxyl groups is 1. The second-order valence-electron chi connectivity index (χ2n) is 16.3. The summed E-state index contributed by atoms with van der Waals surface area (Å²) in [5.74, 6) is -1.25. The van der Waals surface area contributed by atoms with Gasteiger partial charge >= 0.3 is 6.01 Å². The number of fused-ring (bicyclic) bond motifs is 3. The van der Waals surface area contributed by atoms with E-state index in [9.17, 15) is 10.2 Å². The maximum Gasteiger partial charge on any atom is 0.319 e. The molecular formula is C41H49F2N5O6. The van der Waals surface area contributed by atoms with Crippen molar-refractivity contribution in [3.63, 3.8) is 0 Å². The van der Waals surface area contributed by atoms with Crippen molar-refractivity contribution >= 4 is 27.5 Å². The Morgan fingerprint density at radius 2 is 1.80 bits per heavy atom. The van der Waals surface area contributed by atoms with E-state index >= 15 is 8.78 Å². The quantitative estimate of drug-likeness (QED) is 0.219. The van der Waals surface area contributed by atoms with E-state index in [4.69, 9.17) is 28.9 Å². The SMILES string of the molecule is COc1nc(-c2cc(O)cc3cccc(F)c23)c(F)c2nc(OC[C@]34CCC[C@H]3N(C3CCC5(CCOC5)CC3)CCC4)nc(N3CCOC[C@@H](O)C3)c12. The van der Waals surface area contributed by atoms with Gasteiger partial charge in [0, 0.05) is 48.1 Å². The Morgan fingerprint density at radius 1 is 0.944 bits per heavy atom. The summed E-state index contributed by atoms with van der Waals surface area (Å²) in [6, 6.07) is 8.16. The predicted octanol–water partition coefficient (Wildman–Crippen LogP) is 6.40. The van der Waals surface area contributed by atoms with Gasteiger partial charge in [-0.15, -0.1) is 0 Å². The van der Waals surface area contributed by atoms with Crippen LogP contribution in [0.1, 0.15) is 64.2 Å². The van der Waals surface area contributed by atoms with Crippen molar-refractivity contribution < 1.29 is 37.9 Å². The number of rotatable bonds is 7. The number of pyridine rings is 1. The van der Waals surface area contributed by atoms with Crippen molar-refractivity contribution in [3.05, 3.63) is 42.0 Å². The van der Waals surface area contributed by atoms with Gasteiger partial charge in [0.2, 0.25) is 5.88 Å². The Kier molecular flexibility index (Phi) is 9.48. The Hall–Kier alpha value is -3.91. The highest BCUT2D eigenvalue weighted by atomic mass is 19.1. The molecule has 3 saturated heterocycles. The molecule has 0 radical (unpaired) electrons. The molecule has 0 unspecified atom stereocenters. The minimum atomic E-state index is -0.829. The zero-order valence-corrected chi connectivity index (χ0v) is 30.9. The van der Waals surface area contributed by atoms with Gasteiger partial charge in [0.25, 0.3) is 0 Å². The molecule has 1 spiro atoms. The molecule has 2 saturated carbocycles. The van der Waals surface area contributed by atoms with E-state index in [1.165, 1.54) is 63.5 Å². The van der Waals surface area contributed by atoms with Crippen LogP contribution >= 0.6 is 0 Å². The number of ether oxygens (including phenoxy) is 4. The molecule has 5 fully saturated rings. The smallest absolute Gasteiger partial charge is 0.319 e. The first kappa shape index (κ1) is 35.8. The van der Waals surface area contributed by atoms with Gasteiger partial charge in [0.15, 0.2) is 5.82 Å². The van der Waals surface area contributed by atoms with Crippen LogP contribution in [0.15, 0.2) is 30.3 Å². The first-order valence-electron chi connectivity index (χ1n) is 19.6. The van der Waals surface area contributed by atoms with Gasteiger partial charge in [0.1, 0.15) is 34.0 Å². The summed E-state index contributed by atoms with van der Waals surface area (Å²) in [6.07, 6.45) is 10.7. The van der Waals surface area contributed by atoms with Crippen LogP contribution in [-0.2, 0) is 9.47 Å². The molecule has 2 N–H and O–H groups in total. The number of phenols is 1. The number of hydrogen-bond acceptors (Lipinski definition) is 11. The fourth-order valence-corrected chi connectivity index (χ4v) is 10.4. The first-order chi connectivity index (χ1) is 26.3. The Morgan fingerprint density at radius 3 is 2.61 bits per heavy atom. The van der Waals surface area contributed by atoms with Gasteiger partial charge in [-0.1, -0.05) is 18.6 Å². The van der Waals surface area contributed by atoms with Crippen molar-refractivity contribution in [2.75, 3.05) is 64.7 Å². The largest absolute Gasteiger partial charge is 0.508 e. The fourth-order valence-electron chi connectivity index (χ4n) is 10.4. The van der Waals surface area contributed by atoms with Gasteiger partial charge in [0.05, 0.1) is 39.6 Å². The van der Waals surface area contributed by atoms with Crippen LogP contribution in [-0.4, -0.2) is 108 Å². The molecule has 9 rings (SSSR count). The van der Waals surface area contributed by atoms with Crippen molar-refractivity contribution in [2.24, 2.45) is 10.8 Å². The number of aliphatic hydroxyl groups excluding tert-OH is 1. The average Bonchev–Trinajstić information content (AvgIpc) is 3.76. The minimum Gasteiger partial charge on any atom is -0.508 e. The van der Waals surface area contributed by atoms with Gasteiger partial charge in [-0.25, -0.2) is 13.8 Å². The first-order valence-corrected chi connectivity index (χ1v) is 19.6. The number of aromatic nitrogens is 3. The molecule has 11 nitrogen and oxygen atoms in total. The molecule has 3 atom stereocenters. The van der Waals surface area contributed by atoms with E-state index < -0.39 is 17.7 Å². The van der Waals surface area contributed by atoms with E-state index in [1.807, 2.05) is 4.90 Å². The van der Waals surface area contributed by atoms with E-state index in [2.05, 4.69) is 9.88 Å². The molecule has 4 aromatic rings. The van der Waals surface area contributed by atoms with E-state index in [-0.39, 0.29) is 63.8 Å². The number of hydrogen-bond donors (Lipinski definition) is 2. The molecule has 0 bridgehead atoms. The zero-order valence-electron chi connectivity index (χ0n) is 30.9. The topological polar surface area (TPSA) is 123 Å². The van der Waals surface area contributed by atoms with E-state index in [0.29, 0.717) is 48.5 Å². The number of phenolic OH excluding ortho intramolecular Hbond substituents is 1. The summed E-state index contributed by atoms with van der Waals surface area (Å²) in [7, 11) is 1.42. The summed E-state index contributed by atoms with van der Waals surface area (Å²) in [5.41, 5.74) is 0.0227. The standard InChI is InChI=1S/C41H49F2N5O6/c1-51-38-33-36(34(43)35(44-38)29-20-27(49)19-25-5-2-6-30(42)32(25)29)45-39(46-37(33)47-16-18-52-22-28(50)21-47)54-24-41-10-3-7-31(41)48(15-4-11-41)26-8-12-40(13-9-26)14-17-53-23-40/h2,5-6,19-20,26,28,31,49-50H,3-4,7-18,21-24H2,1H3/t26?,28-,31+,40?,41+/m0/s1. The van der Waals surface area contributed by atoms with Crippen LogP contribution in [0.4, 0.5) is 14.6 Å². The molecule has 2 aromatic carbocycles. The number of aromatic hydroxyl groups is 1. The molecule has 5 aliphatic rings.